The van der Waals surface area contributed by atoms with Gasteiger partial charge in [-0.2, -0.15) is 0 Å². The molecule has 0 N–H and O–H groups in total. The third kappa shape index (κ3) is 1.17. The van der Waals surface area contributed by atoms with Gasteiger partial charge in [-0.15, -0.1) is 11.5 Å². The highest BCUT2D eigenvalue weighted by Crippen LogP contribution is 2.19. The molecule has 0 unspecified atom stereocenters. The molecule has 1 rings (SSSR count). The van der Waals surface area contributed by atoms with Crippen molar-refractivity contribution in [3.63, 3.8) is 0 Å². The number of hydrogen-bond donors (Lipinski definition) is 0. The van der Waals surface area contributed by atoms with Crippen LogP contribution in [-0.4, -0.2) is 9.59 Å². The van der Waals surface area contributed by atoms with Gasteiger partial charge in [-0.25, -0.2) is 0 Å². The number of hydrogen-bond acceptors (Lipinski definition) is 3. The Morgan fingerprint density at radius 1 is 1.60 bits per heavy atom. The Morgan fingerprint density at radius 2 is 2.30 bits per heavy atom. The lowest BCUT2D eigenvalue weighted by molar-refractivity contribution is 0.880. The van der Waals surface area contributed by atoms with Crippen LogP contribution in [0, 0.1) is 12.3 Å². The molecule has 1 aromatic heterocycles. The fraction of sp³-hybridized carbons (Fsp3) is 0.429. The van der Waals surface area contributed by atoms with Crippen LogP contribution >= 0.6 is 11.5 Å². The van der Waals surface area contributed by atoms with Crippen molar-refractivity contribution in [1.82, 2.24) is 9.59 Å². The molecule has 0 atom stereocenters. The first kappa shape index (κ1) is 7.23. The summed E-state index contributed by atoms with van der Waals surface area (Å²) in [7, 11) is 0. The van der Waals surface area contributed by atoms with Crippen molar-refractivity contribution in [3.8, 4) is 12.3 Å². The average molecular weight is 152 g/mol. The van der Waals surface area contributed by atoms with Crippen LogP contribution in [0.2, 0.25) is 0 Å². The molecule has 3 heteroatoms. The number of terminal acetylenes is 1. The highest BCUT2D eigenvalue weighted by molar-refractivity contribution is 7.05. The van der Waals surface area contributed by atoms with Crippen molar-refractivity contribution in [2.75, 3.05) is 0 Å². The molecular weight excluding hydrogens is 144 g/mol. The first-order valence-corrected chi connectivity index (χ1v) is 3.82. The third-order valence-corrected chi connectivity index (χ3v) is 2.20. The van der Waals surface area contributed by atoms with E-state index in [4.69, 9.17) is 6.42 Å². The summed E-state index contributed by atoms with van der Waals surface area (Å²) in [5, 5.41) is 3.79. The zero-order chi connectivity index (χ0) is 7.56. The Balaban J connectivity index is 3.05. The number of aromatic nitrogens is 2. The van der Waals surface area contributed by atoms with Crippen molar-refractivity contribution in [1.29, 1.82) is 0 Å². The lowest BCUT2D eigenvalue weighted by Gasteiger charge is -1.96. The second kappa shape index (κ2) is 2.80. The van der Waals surface area contributed by atoms with Crippen molar-refractivity contribution in [2.45, 2.75) is 19.8 Å². The van der Waals surface area contributed by atoms with Crippen molar-refractivity contribution in [3.05, 3.63) is 10.6 Å². The van der Waals surface area contributed by atoms with Crippen LogP contribution in [0.1, 0.15) is 30.3 Å². The van der Waals surface area contributed by atoms with Gasteiger partial charge in [0.15, 0.2) is 5.69 Å². The van der Waals surface area contributed by atoms with Gasteiger partial charge in [-0.3, -0.25) is 0 Å². The quantitative estimate of drug-likeness (QED) is 0.572. The molecule has 52 valence electrons. The summed E-state index contributed by atoms with van der Waals surface area (Å²) in [4.78, 5) is 1.10. The standard InChI is InChI=1S/C7H8N2S/c1-4-6-7(5(2)3)10-9-8-6/h1,5H,2-3H3. The van der Waals surface area contributed by atoms with Gasteiger partial charge in [0.25, 0.3) is 0 Å². The molecular formula is C7H8N2S. The van der Waals surface area contributed by atoms with Gasteiger partial charge in [0.05, 0.1) is 4.88 Å². The Labute approximate surface area is 64.4 Å². The molecule has 0 radical (unpaired) electrons. The van der Waals surface area contributed by atoms with E-state index in [2.05, 4.69) is 29.4 Å². The minimum atomic E-state index is 0.436. The lowest BCUT2D eigenvalue weighted by Crippen LogP contribution is -1.86. The van der Waals surface area contributed by atoms with Gasteiger partial charge in [-0.1, -0.05) is 18.3 Å². The summed E-state index contributed by atoms with van der Waals surface area (Å²) in [5.41, 5.74) is 0.694. The van der Waals surface area contributed by atoms with Crippen molar-refractivity contribution in [2.24, 2.45) is 0 Å². The second-order valence-corrected chi connectivity index (χ2v) is 3.07. The minimum absolute atomic E-state index is 0.436. The molecule has 0 aliphatic rings. The molecule has 0 bridgehead atoms. The van der Waals surface area contributed by atoms with E-state index in [1.807, 2.05) is 0 Å². The predicted octanol–water partition coefficient (Wildman–Crippen LogP) is 1.64. The SMILES string of the molecule is C#Cc1nnsc1C(C)C. The molecule has 1 heterocycles. The Bertz CT molecular complexity index is 257. The first-order valence-electron chi connectivity index (χ1n) is 3.04. The van der Waals surface area contributed by atoms with E-state index in [9.17, 15) is 0 Å². The lowest BCUT2D eigenvalue weighted by atomic mass is 10.1. The monoisotopic (exact) mass is 152 g/mol. The summed E-state index contributed by atoms with van der Waals surface area (Å²) in [5.74, 6) is 2.93. The van der Waals surface area contributed by atoms with Crippen LogP contribution in [0.25, 0.3) is 0 Å². The third-order valence-electron chi connectivity index (χ3n) is 1.17. The molecule has 2 nitrogen and oxygen atoms in total. The number of nitrogens with zero attached hydrogens (tertiary/aromatic N) is 2. The normalized spacial score (nSPS) is 9.80. The van der Waals surface area contributed by atoms with Crippen LogP contribution in [0.3, 0.4) is 0 Å². The van der Waals surface area contributed by atoms with Gasteiger partial charge in [-0.05, 0) is 23.4 Å². The van der Waals surface area contributed by atoms with E-state index in [0.29, 0.717) is 11.6 Å². The Kier molecular flexibility index (Phi) is 2.03. The maximum absolute atomic E-state index is 5.19. The molecule has 10 heavy (non-hydrogen) atoms. The molecule has 0 aliphatic carbocycles. The fourth-order valence-electron chi connectivity index (χ4n) is 0.677. The van der Waals surface area contributed by atoms with Gasteiger partial charge in [0.1, 0.15) is 0 Å². The maximum atomic E-state index is 5.19. The maximum Gasteiger partial charge on any atom is 0.151 e. The zero-order valence-corrected chi connectivity index (χ0v) is 6.77. The largest absolute Gasteiger partial charge is 0.151 e. The molecule has 1 aromatic rings. The van der Waals surface area contributed by atoms with E-state index in [1.165, 1.54) is 11.5 Å². The molecule has 0 aromatic carbocycles. The van der Waals surface area contributed by atoms with Crippen LogP contribution in [0.5, 0.6) is 0 Å². The van der Waals surface area contributed by atoms with E-state index in [-0.39, 0.29) is 0 Å². The molecule has 0 spiro atoms. The highest BCUT2D eigenvalue weighted by atomic mass is 32.1. The molecule has 0 amide bonds. The summed E-state index contributed by atoms with van der Waals surface area (Å²) in [6.07, 6.45) is 5.19. The average Bonchev–Trinajstić information content (AvgIpc) is 2.33. The van der Waals surface area contributed by atoms with Gasteiger partial charge >= 0.3 is 0 Å². The van der Waals surface area contributed by atoms with E-state index in [1.54, 1.807) is 0 Å². The van der Waals surface area contributed by atoms with E-state index >= 15 is 0 Å². The van der Waals surface area contributed by atoms with Crippen LogP contribution in [0.4, 0.5) is 0 Å². The predicted molar refractivity (Wildman–Crippen MR) is 41.9 cm³/mol. The Hall–Kier alpha value is -0.880. The van der Waals surface area contributed by atoms with E-state index < -0.39 is 0 Å². The van der Waals surface area contributed by atoms with Crippen LogP contribution in [0.15, 0.2) is 0 Å². The molecule has 0 saturated heterocycles. The van der Waals surface area contributed by atoms with Crippen molar-refractivity contribution >= 4 is 11.5 Å². The first-order chi connectivity index (χ1) is 4.75. The molecule has 0 fully saturated rings. The van der Waals surface area contributed by atoms with Crippen LogP contribution < -0.4 is 0 Å². The van der Waals surface area contributed by atoms with Gasteiger partial charge in [0, 0.05) is 0 Å². The van der Waals surface area contributed by atoms with Gasteiger partial charge < -0.3 is 0 Å². The van der Waals surface area contributed by atoms with E-state index in [0.717, 1.165) is 4.88 Å². The smallest absolute Gasteiger partial charge is 0.129 e. The Morgan fingerprint density at radius 3 is 2.70 bits per heavy atom. The zero-order valence-electron chi connectivity index (χ0n) is 5.96. The van der Waals surface area contributed by atoms with Gasteiger partial charge in [0.2, 0.25) is 0 Å². The topological polar surface area (TPSA) is 25.8 Å². The summed E-state index contributed by atoms with van der Waals surface area (Å²) < 4.78 is 3.76. The summed E-state index contributed by atoms with van der Waals surface area (Å²) in [6.45, 7) is 4.16. The molecule has 0 saturated carbocycles. The summed E-state index contributed by atoms with van der Waals surface area (Å²) in [6, 6.07) is 0. The van der Waals surface area contributed by atoms with Crippen molar-refractivity contribution < 1.29 is 0 Å². The summed E-state index contributed by atoms with van der Waals surface area (Å²) >= 11 is 1.38. The number of rotatable bonds is 1. The molecule has 0 aliphatic heterocycles. The fourth-order valence-corrected chi connectivity index (χ4v) is 1.28. The highest BCUT2D eigenvalue weighted by Gasteiger charge is 2.07. The van der Waals surface area contributed by atoms with Crippen LogP contribution in [-0.2, 0) is 0 Å². The minimum Gasteiger partial charge on any atom is -0.129 e. The second-order valence-electron chi connectivity index (χ2n) is 2.28.